The van der Waals surface area contributed by atoms with Crippen molar-refractivity contribution in [3.05, 3.63) is 0 Å². The molecular formula is InSZn2+5. The minimum absolute atomic E-state index is 0. The first-order chi connectivity index (χ1) is 0. The molecule has 0 rings (SSSR count). The van der Waals surface area contributed by atoms with E-state index < -0.39 is 0 Å². The average Bonchev–Trinajstić information content (AvgIpc) is 0. The second-order valence-electron chi connectivity index (χ2n) is 0. The molecule has 0 aliphatic rings. The van der Waals surface area contributed by atoms with Crippen molar-refractivity contribution in [2.75, 3.05) is 0 Å². The van der Waals surface area contributed by atoms with Gasteiger partial charge in [-0.3, -0.25) is 0 Å². The van der Waals surface area contributed by atoms with Crippen LogP contribution in [0.4, 0.5) is 0 Å². The van der Waals surface area contributed by atoms with E-state index in [2.05, 4.69) is 0 Å². The van der Waals surface area contributed by atoms with Gasteiger partial charge in [-0.25, -0.2) is 0 Å². The van der Waals surface area contributed by atoms with Crippen molar-refractivity contribution >= 4 is 39.3 Å². The molecule has 0 saturated carbocycles. The summed E-state index contributed by atoms with van der Waals surface area (Å²) in [5.74, 6) is 0. The molecule has 0 bridgehead atoms. The van der Waals surface area contributed by atoms with E-state index in [4.69, 9.17) is 0 Å². The van der Waals surface area contributed by atoms with Gasteiger partial charge < -0.3 is 13.5 Å². The molecule has 0 nitrogen and oxygen atoms in total. The van der Waals surface area contributed by atoms with Crippen molar-refractivity contribution in [3.8, 4) is 0 Å². The fourth-order valence-corrected chi connectivity index (χ4v) is 0. The van der Waals surface area contributed by atoms with Crippen LogP contribution in [0, 0.1) is 0 Å². The molecule has 0 atom stereocenters. The molecule has 4 heavy (non-hydrogen) atoms. The molecule has 0 amide bonds. The quantitative estimate of drug-likeness (QED) is 0.529. The summed E-state index contributed by atoms with van der Waals surface area (Å²) < 4.78 is 0. The summed E-state index contributed by atoms with van der Waals surface area (Å²) in [4.78, 5) is 0. The summed E-state index contributed by atoms with van der Waals surface area (Å²) in [7, 11) is 0. The van der Waals surface area contributed by atoms with Crippen LogP contribution >= 0.6 is 0 Å². The van der Waals surface area contributed by atoms with Crippen LogP contribution in [-0.2, 0) is 52.5 Å². The average molecular weight is 278 g/mol. The SMILES string of the molecule is [In+3].[S-2].[Zn+2].[Zn+2]. The van der Waals surface area contributed by atoms with Crippen molar-refractivity contribution in [1.82, 2.24) is 0 Å². The maximum atomic E-state index is 0. The van der Waals surface area contributed by atoms with Crippen LogP contribution in [0.25, 0.3) is 0 Å². The van der Waals surface area contributed by atoms with Crippen molar-refractivity contribution in [2.45, 2.75) is 0 Å². The van der Waals surface area contributed by atoms with E-state index in [1.165, 1.54) is 0 Å². The molecule has 0 aliphatic carbocycles. The minimum atomic E-state index is 0. The predicted octanol–water partition coefficient (Wildman–Crippen LogP) is -0.388. The Morgan fingerprint density at radius 1 is 0.750 bits per heavy atom. The second-order valence-corrected chi connectivity index (χ2v) is 0. The Bertz CT molecular complexity index is 6.00. The Balaban J connectivity index is 0. The van der Waals surface area contributed by atoms with Crippen LogP contribution in [0.15, 0.2) is 0 Å². The monoisotopic (exact) mass is 275 g/mol. The zero-order valence-corrected chi connectivity index (χ0v) is 12.4. The molecule has 0 spiro atoms. The van der Waals surface area contributed by atoms with E-state index in [0.29, 0.717) is 0 Å². The van der Waals surface area contributed by atoms with E-state index in [-0.39, 0.29) is 78.3 Å². The summed E-state index contributed by atoms with van der Waals surface area (Å²) in [6.07, 6.45) is 0. The molecule has 0 aromatic heterocycles. The molecule has 4 heteroatoms. The van der Waals surface area contributed by atoms with Crippen molar-refractivity contribution in [2.24, 2.45) is 0 Å². The molecular weight excluding hydrogens is 278 g/mol. The first-order valence-electron chi connectivity index (χ1n) is 0. The Labute approximate surface area is 77.2 Å². The van der Waals surface area contributed by atoms with Gasteiger partial charge >= 0.3 is 64.8 Å². The third-order valence-electron chi connectivity index (χ3n) is 0. The fourth-order valence-electron chi connectivity index (χ4n) is 0. The topological polar surface area (TPSA) is 0 Å². The Hall–Kier alpha value is 2.47. The molecule has 0 heterocycles. The molecule has 0 saturated heterocycles. The molecule has 0 unspecified atom stereocenters. The summed E-state index contributed by atoms with van der Waals surface area (Å²) >= 11 is 0. The Kier molecular flexibility index (Phi) is 142. The van der Waals surface area contributed by atoms with E-state index in [0.717, 1.165) is 0 Å². The van der Waals surface area contributed by atoms with Crippen LogP contribution in [0.1, 0.15) is 0 Å². The predicted molar refractivity (Wildman–Crippen MR) is 13.1 cm³/mol. The smallest absolute Gasteiger partial charge is 2.00 e. The largest absolute Gasteiger partial charge is 3.00 e. The summed E-state index contributed by atoms with van der Waals surface area (Å²) in [6.45, 7) is 0. The third-order valence-corrected chi connectivity index (χ3v) is 0. The van der Waals surface area contributed by atoms with E-state index in [9.17, 15) is 0 Å². The number of hydrogen-bond acceptors (Lipinski definition) is 0. The van der Waals surface area contributed by atoms with E-state index in [1.807, 2.05) is 0 Å². The van der Waals surface area contributed by atoms with Crippen molar-refractivity contribution in [1.29, 1.82) is 0 Å². The third kappa shape index (κ3) is 8.82. The maximum Gasteiger partial charge on any atom is 3.00 e. The second kappa shape index (κ2) is 17.9. The van der Waals surface area contributed by atoms with Crippen molar-refractivity contribution in [3.63, 3.8) is 0 Å². The zero-order valence-electron chi connectivity index (χ0n) is 2.40. The van der Waals surface area contributed by atoms with Gasteiger partial charge in [0.1, 0.15) is 0 Å². The van der Waals surface area contributed by atoms with E-state index >= 15 is 0 Å². The van der Waals surface area contributed by atoms with Crippen LogP contribution in [0.3, 0.4) is 0 Å². The number of rotatable bonds is 0. The van der Waals surface area contributed by atoms with Crippen molar-refractivity contribution < 1.29 is 39.0 Å². The fraction of sp³-hybridized carbons (Fsp3) is 0. The van der Waals surface area contributed by atoms with E-state index in [1.54, 1.807) is 0 Å². The maximum absolute atomic E-state index is 0. The normalized spacial score (nSPS) is 0. The summed E-state index contributed by atoms with van der Waals surface area (Å²) in [6, 6.07) is 0. The van der Waals surface area contributed by atoms with Gasteiger partial charge in [0, 0.05) is 0 Å². The van der Waals surface area contributed by atoms with Gasteiger partial charge in [0.05, 0.1) is 0 Å². The molecule has 0 aliphatic heterocycles. The van der Waals surface area contributed by atoms with Gasteiger partial charge in [0.25, 0.3) is 0 Å². The number of hydrogen-bond donors (Lipinski definition) is 0. The first-order valence-corrected chi connectivity index (χ1v) is 0. The minimum Gasteiger partial charge on any atom is -2.00 e. The summed E-state index contributed by atoms with van der Waals surface area (Å²) in [5.41, 5.74) is 0. The Morgan fingerprint density at radius 2 is 0.750 bits per heavy atom. The molecule has 8 valence electrons. The summed E-state index contributed by atoms with van der Waals surface area (Å²) in [5, 5.41) is 0. The van der Waals surface area contributed by atoms with Gasteiger partial charge in [0.2, 0.25) is 0 Å². The van der Waals surface area contributed by atoms with Crippen LogP contribution < -0.4 is 0 Å². The molecule has 0 fully saturated rings. The van der Waals surface area contributed by atoms with Gasteiger partial charge in [-0.1, -0.05) is 0 Å². The van der Waals surface area contributed by atoms with Gasteiger partial charge in [0.15, 0.2) is 0 Å². The first kappa shape index (κ1) is 31.8. The standard InChI is InChI=1S/In.S.2Zn/q+3;-2;2*+2. The van der Waals surface area contributed by atoms with Gasteiger partial charge in [-0.05, 0) is 0 Å². The van der Waals surface area contributed by atoms with Crippen LogP contribution in [-0.4, -0.2) is 25.8 Å². The molecule has 0 aromatic carbocycles. The van der Waals surface area contributed by atoms with Gasteiger partial charge in [-0.15, -0.1) is 0 Å². The molecule has 0 radical (unpaired) electrons. The zero-order chi connectivity index (χ0) is 0. The van der Waals surface area contributed by atoms with Crippen LogP contribution in [0.5, 0.6) is 0 Å². The Morgan fingerprint density at radius 3 is 0.750 bits per heavy atom. The molecule has 0 N–H and O–H groups in total. The van der Waals surface area contributed by atoms with Crippen LogP contribution in [0.2, 0.25) is 0 Å². The molecule has 0 aromatic rings. The van der Waals surface area contributed by atoms with Gasteiger partial charge in [-0.2, -0.15) is 0 Å².